The van der Waals surface area contributed by atoms with Crippen LogP contribution in [0.1, 0.15) is 11.9 Å². The number of aromatic nitrogens is 4. The number of aryl methyl sites for hydroxylation is 1. The normalized spacial score (nSPS) is 10.5. The molecule has 0 aromatic carbocycles. The molecule has 2 rings (SSSR count). The van der Waals surface area contributed by atoms with Gasteiger partial charge in [-0.05, 0) is 18.6 Å². The molecule has 2 aromatic heterocycles. The lowest BCUT2D eigenvalue weighted by Crippen LogP contribution is -1.73. The number of hydrogen-bond acceptors (Lipinski definition) is 4. The number of aromatic amines is 2. The molecule has 68 valence electrons. The van der Waals surface area contributed by atoms with E-state index in [4.69, 9.17) is 12.2 Å². The Kier molecular flexibility index (Phi) is 2.24. The Bertz CT molecular complexity index is 453. The van der Waals surface area contributed by atoms with Crippen LogP contribution in [0.25, 0.3) is 10.7 Å². The summed E-state index contributed by atoms with van der Waals surface area (Å²) in [6.45, 7) is 2.08. The fraction of sp³-hybridized carbons (Fsp3) is 0.286. The molecule has 0 saturated heterocycles. The molecule has 0 atom stereocenters. The van der Waals surface area contributed by atoms with E-state index in [9.17, 15) is 0 Å². The van der Waals surface area contributed by atoms with Crippen LogP contribution in [0.4, 0.5) is 0 Å². The van der Waals surface area contributed by atoms with Crippen molar-refractivity contribution in [3.63, 3.8) is 0 Å². The number of nitrogens with one attached hydrogen (secondary N) is 2. The summed E-state index contributed by atoms with van der Waals surface area (Å²) in [7, 11) is 0. The molecule has 0 aliphatic carbocycles. The molecule has 2 aromatic rings. The molecule has 0 saturated carbocycles. The van der Waals surface area contributed by atoms with Crippen LogP contribution in [0, 0.1) is 4.77 Å². The van der Waals surface area contributed by atoms with Crippen LogP contribution in [-0.4, -0.2) is 20.2 Å². The van der Waals surface area contributed by atoms with Gasteiger partial charge in [-0.3, -0.25) is 10.2 Å². The van der Waals surface area contributed by atoms with Crippen LogP contribution in [0.2, 0.25) is 0 Å². The third-order valence-electron chi connectivity index (χ3n) is 1.59. The Balaban J connectivity index is 2.40. The Hall–Kier alpha value is -1.01. The van der Waals surface area contributed by atoms with Crippen molar-refractivity contribution in [3.8, 4) is 10.7 Å². The van der Waals surface area contributed by atoms with Gasteiger partial charge in [0.25, 0.3) is 0 Å². The molecule has 2 N–H and O–H groups in total. The SMILES string of the molecule is CCc1ncc(-c2nc(=S)[nH][nH]2)s1. The van der Waals surface area contributed by atoms with E-state index in [0.29, 0.717) is 4.77 Å². The van der Waals surface area contributed by atoms with Crippen molar-refractivity contribution in [1.82, 2.24) is 20.2 Å². The monoisotopic (exact) mass is 212 g/mol. The molecule has 4 nitrogen and oxygen atoms in total. The third kappa shape index (κ3) is 1.68. The number of nitrogens with zero attached hydrogens (tertiary/aromatic N) is 2. The minimum absolute atomic E-state index is 0.474. The second kappa shape index (κ2) is 3.39. The van der Waals surface area contributed by atoms with Crippen molar-refractivity contribution in [1.29, 1.82) is 0 Å². The number of rotatable bonds is 2. The van der Waals surface area contributed by atoms with Gasteiger partial charge >= 0.3 is 0 Å². The van der Waals surface area contributed by atoms with Gasteiger partial charge in [0.05, 0.1) is 9.88 Å². The summed E-state index contributed by atoms with van der Waals surface area (Å²) in [5, 5.41) is 6.75. The van der Waals surface area contributed by atoms with E-state index in [2.05, 4.69) is 27.1 Å². The van der Waals surface area contributed by atoms with E-state index in [0.717, 1.165) is 22.1 Å². The van der Waals surface area contributed by atoms with Crippen molar-refractivity contribution in [2.45, 2.75) is 13.3 Å². The maximum atomic E-state index is 4.85. The van der Waals surface area contributed by atoms with Crippen molar-refractivity contribution in [3.05, 3.63) is 16.0 Å². The molecule has 0 radical (unpaired) electrons. The first kappa shape index (κ1) is 8.58. The summed E-state index contributed by atoms with van der Waals surface area (Å²) in [5.74, 6) is 0.766. The standard InChI is InChI=1S/C7H8N4S2/c1-2-5-8-3-4(13-5)6-9-7(12)11-10-6/h3H,2H2,1H3,(H2,9,10,11,12). The zero-order valence-corrected chi connectivity index (χ0v) is 8.63. The maximum Gasteiger partial charge on any atom is 0.213 e. The molecule has 6 heteroatoms. The molecule has 2 heterocycles. The lowest BCUT2D eigenvalue weighted by Gasteiger charge is -1.84. The van der Waals surface area contributed by atoms with Gasteiger partial charge in [0.1, 0.15) is 0 Å². The molecule has 0 fully saturated rings. The van der Waals surface area contributed by atoms with Gasteiger partial charge in [-0.15, -0.1) is 11.3 Å². The highest BCUT2D eigenvalue weighted by Crippen LogP contribution is 2.22. The molecule has 0 bridgehead atoms. The van der Waals surface area contributed by atoms with E-state index >= 15 is 0 Å². The first-order valence-corrected chi connectivity index (χ1v) is 5.12. The van der Waals surface area contributed by atoms with Crippen molar-refractivity contribution >= 4 is 23.6 Å². The average Bonchev–Trinajstić information content (AvgIpc) is 2.71. The zero-order chi connectivity index (χ0) is 9.26. The predicted molar refractivity (Wildman–Crippen MR) is 54.3 cm³/mol. The quantitative estimate of drug-likeness (QED) is 0.750. The summed E-state index contributed by atoms with van der Waals surface area (Å²) in [6.07, 6.45) is 2.76. The first-order chi connectivity index (χ1) is 6.29. The molecule has 0 aliphatic heterocycles. The van der Waals surface area contributed by atoms with Crippen LogP contribution in [0.3, 0.4) is 0 Å². The highest BCUT2D eigenvalue weighted by molar-refractivity contribution is 7.71. The highest BCUT2D eigenvalue weighted by atomic mass is 32.1. The molecular formula is C7H8N4S2. The molecule has 0 unspecified atom stereocenters. The molecule has 0 aliphatic rings. The van der Waals surface area contributed by atoms with E-state index in [-0.39, 0.29) is 0 Å². The van der Waals surface area contributed by atoms with Gasteiger partial charge in [-0.1, -0.05) is 6.92 Å². The third-order valence-corrected chi connectivity index (χ3v) is 2.93. The largest absolute Gasteiger partial charge is 0.281 e. The van der Waals surface area contributed by atoms with E-state index in [1.807, 2.05) is 6.20 Å². The molecule has 13 heavy (non-hydrogen) atoms. The van der Waals surface area contributed by atoms with Gasteiger partial charge in [-0.2, -0.15) is 4.98 Å². The number of H-pyrrole nitrogens is 2. The molecule has 0 amide bonds. The average molecular weight is 212 g/mol. The van der Waals surface area contributed by atoms with Gasteiger partial charge in [-0.25, -0.2) is 4.98 Å². The smallest absolute Gasteiger partial charge is 0.213 e. The summed E-state index contributed by atoms with van der Waals surface area (Å²) in [6, 6.07) is 0. The van der Waals surface area contributed by atoms with E-state index in [1.54, 1.807) is 11.3 Å². The highest BCUT2D eigenvalue weighted by Gasteiger charge is 2.05. The van der Waals surface area contributed by atoms with Gasteiger partial charge in [0, 0.05) is 6.20 Å². The Labute approximate surface area is 84.1 Å². The minimum Gasteiger partial charge on any atom is -0.281 e. The van der Waals surface area contributed by atoms with Crippen LogP contribution < -0.4 is 0 Å². The van der Waals surface area contributed by atoms with Crippen LogP contribution in [-0.2, 0) is 6.42 Å². The van der Waals surface area contributed by atoms with E-state index < -0.39 is 0 Å². The minimum atomic E-state index is 0.474. The van der Waals surface area contributed by atoms with Crippen LogP contribution in [0.15, 0.2) is 6.20 Å². The maximum absolute atomic E-state index is 4.85. The van der Waals surface area contributed by atoms with Gasteiger partial charge in [0.15, 0.2) is 5.82 Å². The first-order valence-electron chi connectivity index (χ1n) is 3.89. The lowest BCUT2D eigenvalue weighted by molar-refractivity contribution is 1.08. The fourth-order valence-corrected chi connectivity index (χ4v) is 1.91. The second-order valence-electron chi connectivity index (χ2n) is 2.49. The Morgan fingerprint density at radius 3 is 2.92 bits per heavy atom. The van der Waals surface area contributed by atoms with Crippen LogP contribution >= 0.6 is 23.6 Å². The van der Waals surface area contributed by atoms with Crippen molar-refractivity contribution < 1.29 is 0 Å². The Morgan fingerprint density at radius 1 is 1.54 bits per heavy atom. The van der Waals surface area contributed by atoms with Crippen molar-refractivity contribution in [2.75, 3.05) is 0 Å². The summed E-state index contributed by atoms with van der Waals surface area (Å²) in [4.78, 5) is 9.35. The summed E-state index contributed by atoms with van der Waals surface area (Å²) in [5.41, 5.74) is 0. The van der Waals surface area contributed by atoms with Crippen LogP contribution in [0.5, 0.6) is 0 Å². The Morgan fingerprint density at radius 2 is 2.38 bits per heavy atom. The summed E-state index contributed by atoms with van der Waals surface area (Å²) >= 11 is 6.48. The number of thiazole rings is 1. The molecular weight excluding hydrogens is 204 g/mol. The van der Waals surface area contributed by atoms with E-state index in [1.165, 1.54) is 0 Å². The van der Waals surface area contributed by atoms with Gasteiger partial charge < -0.3 is 0 Å². The number of hydrogen-bond donors (Lipinski definition) is 2. The topological polar surface area (TPSA) is 57.4 Å². The summed E-state index contributed by atoms with van der Waals surface area (Å²) < 4.78 is 0.474. The van der Waals surface area contributed by atoms with Gasteiger partial charge in [0.2, 0.25) is 4.77 Å². The zero-order valence-electron chi connectivity index (χ0n) is 7.00. The fourth-order valence-electron chi connectivity index (χ4n) is 0.970. The predicted octanol–water partition coefficient (Wildman–Crippen LogP) is 2.15. The lowest BCUT2D eigenvalue weighted by atomic mass is 10.5. The molecule has 0 spiro atoms. The second-order valence-corrected chi connectivity index (χ2v) is 3.99. The van der Waals surface area contributed by atoms with Crippen molar-refractivity contribution in [2.24, 2.45) is 0 Å².